The molecular formula is C16H24N2O3. The van der Waals surface area contributed by atoms with Crippen molar-refractivity contribution in [1.82, 2.24) is 10.6 Å². The Morgan fingerprint density at radius 3 is 2.90 bits per heavy atom. The Morgan fingerprint density at radius 2 is 2.24 bits per heavy atom. The molecule has 1 fully saturated rings. The van der Waals surface area contributed by atoms with Gasteiger partial charge in [-0.25, -0.2) is 0 Å². The van der Waals surface area contributed by atoms with Gasteiger partial charge in [0.1, 0.15) is 0 Å². The van der Waals surface area contributed by atoms with Gasteiger partial charge in [0.05, 0.1) is 19.8 Å². The molecule has 0 bridgehead atoms. The molecule has 1 saturated heterocycles. The van der Waals surface area contributed by atoms with Crippen molar-refractivity contribution >= 4 is 5.91 Å². The minimum Gasteiger partial charge on any atom is -0.493 e. The molecule has 2 N–H and O–H groups in total. The van der Waals surface area contributed by atoms with Crippen LogP contribution < -0.4 is 20.1 Å². The molecule has 21 heavy (non-hydrogen) atoms. The molecular weight excluding hydrogens is 268 g/mol. The van der Waals surface area contributed by atoms with Gasteiger partial charge < -0.3 is 20.1 Å². The summed E-state index contributed by atoms with van der Waals surface area (Å²) in [5, 5.41) is 6.23. The van der Waals surface area contributed by atoms with Crippen molar-refractivity contribution in [3.05, 3.63) is 23.8 Å². The number of carbonyl (C=O) groups excluding carboxylic acids is 1. The van der Waals surface area contributed by atoms with E-state index in [-0.39, 0.29) is 11.9 Å². The van der Waals surface area contributed by atoms with Crippen molar-refractivity contribution in [2.45, 2.75) is 38.8 Å². The first-order valence-electron chi connectivity index (χ1n) is 7.55. The highest BCUT2D eigenvalue weighted by molar-refractivity contribution is 5.81. The minimum atomic E-state index is -0.0524. The van der Waals surface area contributed by atoms with E-state index in [1.807, 2.05) is 25.1 Å². The summed E-state index contributed by atoms with van der Waals surface area (Å²) in [6.45, 7) is 3.94. The number of methoxy groups -OCH3 is 1. The summed E-state index contributed by atoms with van der Waals surface area (Å²) < 4.78 is 10.8. The molecule has 1 aliphatic rings. The Labute approximate surface area is 126 Å². The highest BCUT2D eigenvalue weighted by Gasteiger charge is 2.19. The van der Waals surface area contributed by atoms with Crippen LogP contribution in [0.15, 0.2) is 18.2 Å². The van der Waals surface area contributed by atoms with Gasteiger partial charge in [-0.1, -0.05) is 12.5 Å². The highest BCUT2D eigenvalue weighted by Crippen LogP contribution is 2.27. The average Bonchev–Trinajstić information content (AvgIpc) is 2.54. The number of piperidine rings is 1. The standard InChI is InChI=1S/C16H24N2O3/c1-3-21-15-10-12(7-8-14(15)20-2)11-18-16(19)13-6-4-5-9-17-13/h7-8,10,13,17H,3-6,9,11H2,1-2H3,(H,18,19). The smallest absolute Gasteiger partial charge is 0.237 e. The van der Waals surface area contributed by atoms with Crippen LogP contribution in [-0.2, 0) is 11.3 Å². The summed E-state index contributed by atoms with van der Waals surface area (Å²) in [5.41, 5.74) is 1.00. The lowest BCUT2D eigenvalue weighted by Crippen LogP contribution is -2.46. The number of carbonyl (C=O) groups is 1. The monoisotopic (exact) mass is 292 g/mol. The third kappa shape index (κ3) is 4.36. The van der Waals surface area contributed by atoms with Gasteiger partial charge in [0.25, 0.3) is 0 Å². The van der Waals surface area contributed by atoms with E-state index in [9.17, 15) is 4.79 Å². The normalized spacial score (nSPS) is 18.1. The van der Waals surface area contributed by atoms with Gasteiger partial charge >= 0.3 is 0 Å². The first-order chi connectivity index (χ1) is 10.2. The van der Waals surface area contributed by atoms with Crippen molar-refractivity contribution in [2.75, 3.05) is 20.3 Å². The van der Waals surface area contributed by atoms with Crippen LogP contribution in [0.3, 0.4) is 0 Å². The van der Waals surface area contributed by atoms with E-state index >= 15 is 0 Å². The lowest BCUT2D eigenvalue weighted by atomic mass is 10.0. The third-order valence-corrected chi connectivity index (χ3v) is 3.62. The van der Waals surface area contributed by atoms with Gasteiger partial charge in [-0.05, 0) is 44.0 Å². The van der Waals surface area contributed by atoms with Crippen molar-refractivity contribution in [2.24, 2.45) is 0 Å². The van der Waals surface area contributed by atoms with Gasteiger partial charge in [-0.3, -0.25) is 4.79 Å². The Hall–Kier alpha value is -1.75. The number of hydrogen-bond donors (Lipinski definition) is 2. The van der Waals surface area contributed by atoms with Gasteiger partial charge in [-0.2, -0.15) is 0 Å². The highest BCUT2D eigenvalue weighted by atomic mass is 16.5. The fraction of sp³-hybridized carbons (Fsp3) is 0.562. The number of hydrogen-bond acceptors (Lipinski definition) is 4. The predicted octanol–water partition coefficient (Wildman–Crippen LogP) is 1.85. The SMILES string of the molecule is CCOc1cc(CNC(=O)C2CCCCN2)ccc1OC. The van der Waals surface area contributed by atoms with Crippen molar-refractivity contribution in [3.63, 3.8) is 0 Å². The second-order valence-corrected chi connectivity index (χ2v) is 5.14. The van der Waals surface area contributed by atoms with Crippen LogP contribution in [0.25, 0.3) is 0 Å². The topological polar surface area (TPSA) is 59.6 Å². The fourth-order valence-corrected chi connectivity index (χ4v) is 2.49. The second-order valence-electron chi connectivity index (χ2n) is 5.14. The minimum absolute atomic E-state index is 0.0524. The summed E-state index contributed by atoms with van der Waals surface area (Å²) >= 11 is 0. The molecule has 2 rings (SSSR count). The molecule has 5 heteroatoms. The lowest BCUT2D eigenvalue weighted by molar-refractivity contribution is -0.123. The number of ether oxygens (including phenoxy) is 2. The second kappa shape index (κ2) is 7.88. The number of rotatable bonds is 6. The summed E-state index contributed by atoms with van der Waals surface area (Å²) in [6, 6.07) is 5.67. The number of benzene rings is 1. The van der Waals surface area contributed by atoms with Crippen LogP contribution in [0.1, 0.15) is 31.7 Å². The maximum Gasteiger partial charge on any atom is 0.237 e. The Bertz CT molecular complexity index is 471. The molecule has 1 aromatic carbocycles. The maximum atomic E-state index is 12.1. The molecule has 1 aromatic rings. The molecule has 5 nitrogen and oxygen atoms in total. The first kappa shape index (κ1) is 15.6. The molecule has 0 saturated carbocycles. The summed E-state index contributed by atoms with van der Waals surface area (Å²) in [5.74, 6) is 1.49. The van der Waals surface area contributed by atoms with Crippen LogP contribution in [0.2, 0.25) is 0 Å². The van der Waals surface area contributed by atoms with Crippen molar-refractivity contribution in [3.8, 4) is 11.5 Å². The zero-order valence-electron chi connectivity index (χ0n) is 12.8. The molecule has 1 aliphatic heterocycles. The van der Waals surface area contributed by atoms with Gasteiger partial charge in [-0.15, -0.1) is 0 Å². The molecule has 0 radical (unpaired) electrons. The van der Waals surface area contributed by atoms with Gasteiger partial charge in [0.15, 0.2) is 11.5 Å². The Morgan fingerprint density at radius 1 is 1.38 bits per heavy atom. The predicted molar refractivity (Wildman–Crippen MR) is 81.7 cm³/mol. The van der Waals surface area contributed by atoms with E-state index in [2.05, 4.69) is 10.6 Å². The molecule has 1 unspecified atom stereocenters. The fourth-order valence-electron chi connectivity index (χ4n) is 2.49. The van der Waals surface area contributed by atoms with Crippen LogP contribution in [-0.4, -0.2) is 32.2 Å². The molecule has 1 atom stereocenters. The molecule has 1 amide bonds. The largest absolute Gasteiger partial charge is 0.493 e. The summed E-state index contributed by atoms with van der Waals surface area (Å²) in [6.07, 6.45) is 3.18. The zero-order valence-corrected chi connectivity index (χ0v) is 12.8. The van der Waals surface area contributed by atoms with Crippen LogP contribution >= 0.6 is 0 Å². The van der Waals surface area contributed by atoms with Gasteiger partial charge in [0, 0.05) is 6.54 Å². The molecule has 0 spiro atoms. The quantitative estimate of drug-likeness (QED) is 0.840. The molecule has 1 heterocycles. The average molecular weight is 292 g/mol. The van der Waals surface area contributed by atoms with Crippen LogP contribution in [0, 0.1) is 0 Å². The number of amides is 1. The van der Waals surface area contributed by atoms with E-state index in [0.717, 1.165) is 31.4 Å². The van der Waals surface area contributed by atoms with E-state index in [1.165, 1.54) is 0 Å². The lowest BCUT2D eigenvalue weighted by Gasteiger charge is -2.22. The molecule has 0 aromatic heterocycles. The first-order valence-corrected chi connectivity index (χ1v) is 7.55. The zero-order chi connectivity index (χ0) is 15.1. The van der Waals surface area contributed by atoms with E-state index < -0.39 is 0 Å². The maximum absolute atomic E-state index is 12.1. The van der Waals surface area contributed by atoms with Crippen LogP contribution in [0.5, 0.6) is 11.5 Å². The summed E-state index contributed by atoms with van der Waals surface area (Å²) in [4.78, 5) is 12.1. The van der Waals surface area contributed by atoms with E-state index in [1.54, 1.807) is 7.11 Å². The van der Waals surface area contributed by atoms with E-state index in [4.69, 9.17) is 9.47 Å². The van der Waals surface area contributed by atoms with Gasteiger partial charge in [0.2, 0.25) is 5.91 Å². The molecule has 0 aliphatic carbocycles. The Balaban J connectivity index is 1.92. The summed E-state index contributed by atoms with van der Waals surface area (Å²) in [7, 11) is 1.62. The van der Waals surface area contributed by atoms with Crippen molar-refractivity contribution < 1.29 is 14.3 Å². The van der Waals surface area contributed by atoms with E-state index in [0.29, 0.717) is 24.7 Å². The number of nitrogens with one attached hydrogen (secondary N) is 2. The Kier molecular flexibility index (Phi) is 5.87. The molecule has 116 valence electrons. The van der Waals surface area contributed by atoms with Crippen molar-refractivity contribution in [1.29, 1.82) is 0 Å². The third-order valence-electron chi connectivity index (χ3n) is 3.62. The van der Waals surface area contributed by atoms with Crippen LogP contribution in [0.4, 0.5) is 0 Å².